The molecule has 0 aromatic carbocycles. The predicted octanol–water partition coefficient (Wildman–Crippen LogP) is 1.54. The van der Waals surface area contributed by atoms with E-state index in [1.165, 1.54) is 37.0 Å². The van der Waals surface area contributed by atoms with E-state index in [4.69, 9.17) is 0 Å². The van der Waals surface area contributed by atoms with Crippen molar-refractivity contribution >= 4 is 5.91 Å². The maximum absolute atomic E-state index is 11.8. The molecule has 6 nitrogen and oxygen atoms in total. The largest absolute Gasteiger partial charge is 0.386 e. The molecule has 1 unspecified atom stereocenters. The van der Waals surface area contributed by atoms with Gasteiger partial charge in [0.15, 0.2) is 0 Å². The molecule has 1 saturated carbocycles. The topological polar surface area (TPSA) is 61.6 Å². The monoisotopic (exact) mass is 320 g/mol. The van der Waals surface area contributed by atoms with Crippen molar-refractivity contribution in [1.82, 2.24) is 19.6 Å². The van der Waals surface area contributed by atoms with E-state index in [0.29, 0.717) is 11.7 Å². The number of carbonyl (C=O) groups is 1. The van der Waals surface area contributed by atoms with E-state index in [1.807, 2.05) is 10.7 Å². The van der Waals surface area contributed by atoms with Crippen LogP contribution in [-0.2, 0) is 17.9 Å². The standard InChI is InChI=1S/C17H28N4O2/c1-19(2)17(23)11-16(22)15-10-14-12-20(8-9-21(14)18-15)13-6-4-3-5-7-13/h10,13,16,22H,3-9,11-12H2,1-2H3. The molecule has 6 heteroatoms. The van der Waals surface area contributed by atoms with E-state index in [1.54, 1.807) is 14.1 Å². The van der Waals surface area contributed by atoms with E-state index < -0.39 is 6.10 Å². The van der Waals surface area contributed by atoms with Gasteiger partial charge >= 0.3 is 0 Å². The van der Waals surface area contributed by atoms with Crippen molar-refractivity contribution in [3.8, 4) is 0 Å². The molecule has 2 heterocycles. The predicted molar refractivity (Wildman–Crippen MR) is 87.8 cm³/mol. The molecule has 0 radical (unpaired) electrons. The van der Waals surface area contributed by atoms with Gasteiger partial charge in [0.1, 0.15) is 6.10 Å². The van der Waals surface area contributed by atoms with Crippen LogP contribution in [-0.4, -0.2) is 57.3 Å². The molecule has 1 aliphatic heterocycles. The third-order valence-electron chi connectivity index (χ3n) is 5.15. The molecule has 1 fully saturated rings. The summed E-state index contributed by atoms with van der Waals surface area (Å²) in [7, 11) is 3.41. The van der Waals surface area contributed by atoms with Gasteiger partial charge in [0, 0.05) is 33.2 Å². The van der Waals surface area contributed by atoms with Gasteiger partial charge < -0.3 is 10.0 Å². The van der Waals surface area contributed by atoms with Crippen molar-refractivity contribution in [1.29, 1.82) is 0 Å². The Morgan fingerprint density at radius 2 is 2.09 bits per heavy atom. The normalized spacial score (nSPS) is 21.0. The SMILES string of the molecule is CN(C)C(=O)CC(O)c1cc2n(n1)CCN(C1CCCCC1)C2. The van der Waals surface area contributed by atoms with Crippen LogP contribution in [0.1, 0.15) is 56.0 Å². The highest BCUT2D eigenvalue weighted by atomic mass is 16.3. The average molecular weight is 320 g/mol. The van der Waals surface area contributed by atoms with Crippen molar-refractivity contribution in [3.63, 3.8) is 0 Å². The van der Waals surface area contributed by atoms with Crippen LogP contribution >= 0.6 is 0 Å². The summed E-state index contributed by atoms with van der Waals surface area (Å²) in [6.07, 6.45) is 5.95. The summed E-state index contributed by atoms with van der Waals surface area (Å²) in [5.74, 6) is -0.0766. The van der Waals surface area contributed by atoms with Gasteiger partial charge in [-0.2, -0.15) is 5.10 Å². The van der Waals surface area contributed by atoms with E-state index in [0.717, 1.165) is 25.3 Å². The fourth-order valence-corrected chi connectivity index (χ4v) is 3.68. The van der Waals surface area contributed by atoms with Gasteiger partial charge in [-0.1, -0.05) is 19.3 Å². The van der Waals surface area contributed by atoms with Gasteiger partial charge in [-0.3, -0.25) is 14.4 Å². The zero-order chi connectivity index (χ0) is 16.4. The van der Waals surface area contributed by atoms with Crippen molar-refractivity contribution in [2.75, 3.05) is 20.6 Å². The molecule has 1 aromatic rings. The summed E-state index contributed by atoms with van der Waals surface area (Å²) in [6, 6.07) is 2.68. The summed E-state index contributed by atoms with van der Waals surface area (Å²) in [4.78, 5) is 15.8. The number of aliphatic hydroxyl groups excluding tert-OH is 1. The third-order valence-corrected chi connectivity index (χ3v) is 5.15. The Morgan fingerprint density at radius 1 is 1.35 bits per heavy atom. The number of aromatic nitrogens is 2. The summed E-state index contributed by atoms with van der Waals surface area (Å²) >= 11 is 0. The maximum Gasteiger partial charge on any atom is 0.225 e. The molecule has 1 aromatic heterocycles. The minimum atomic E-state index is -0.814. The molecule has 23 heavy (non-hydrogen) atoms. The Morgan fingerprint density at radius 3 is 2.78 bits per heavy atom. The van der Waals surface area contributed by atoms with Crippen LogP contribution in [0.25, 0.3) is 0 Å². The van der Waals surface area contributed by atoms with Gasteiger partial charge in [0.2, 0.25) is 5.91 Å². The summed E-state index contributed by atoms with van der Waals surface area (Å²) < 4.78 is 2.00. The lowest BCUT2D eigenvalue weighted by Crippen LogP contribution is -2.42. The number of amides is 1. The highest BCUT2D eigenvalue weighted by Gasteiger charge is 2.27. The van der Waals surface area contributed by atoms with E-state index in [2.05, 4.69) is 10.00 Å². The third kappa shape index (κ3) is 3.75. The lowest BCUT2D eigenvalue weighted by atomic mass is 9.94. The fraction of sp³-hybridized carbons (Fsp3) is 0.765. The average Bonchev–Trinajstić information content (AvgIpc) is 2.98. The second-order valence-electron chi connectivity index (χ2n) is 7.05. The van der Waals surface area contributed by atoms with Crippen LogP contribution in [0.15, 0.2) is 6.07 Å². The lowest BCUT2D eigenvalue weighted by Gasteiger charge is -2.36. The van der Waals surface area contributed by atoms with Crippen LogP contribution in [0.2, 0.25) is 0 Å². The number of aliphatic hydroxyl groups is 1. The van der Waals surface area contributed by atoms with Crippen LogP contribution < -0.4 is 0 Å². The van der Waals surface area contributed by atoms with Crippen LogP contribution in [0, 0.1) is 0 Å². The smallest absolute Gasteiger partial charge is 0.225 e. The van der Waals surface area contributed by atoms with Gasteiger partial charge in [-0.15, -0.1) is 0 Å². The number of carbonyl (C=O) groups excluding carboxylic acids is 1. The summed E-state index contributed by atoms with van der Waals surface area (Å²) in [6.45, 7) is 2.82. The second kappa shape index (κ2) is 7.01. The van der Waals surface area contributed by atoms with Crippen LogP contribution in [0.3, 0.4) is 0 Å². The molecule has 0 spiro atoms. The Hall–Kier alpha value is -1.40. The van der Waals surface area contributed by atoms with Crippen molar-refractivity contribution in [2.45, 2.75) is 63.8 Å². The molecule has 0 bridgehead atoms. The molecule has 1 aliphatic carbocycles. The fourth-order valence-electron chi connectivity index (χ4n) is 3.68. The number of hydrogen-bond donors (Lipinski definition) is 1. The molecule has 128 valence electrons. The van der Waals surface area contributed by atoms with Gasteiger partial charge in [0.05, 0.1) is 24.4 Å². The lowest BCUT2D eigenvalue weighted by molar-refractivity contribution is -0.130. The molecular formula is C17H28N4O2. The molecule has 1 N–H and O–H groups in total. The zero-order valence-electron chi connectivity index (χ0n) is 14.2. The van der Waals surface area contributed by atoms with Gasteiger partial charge in [0.25, 0.3) is 0 Å². The van der Waals surface area contributed by atoms with E-state index in [-0.39, 0.29) is 12.3 Å². The summed E-state index contributed by atoms with van der Waals surface area (Å²) in [5, 5.41) is 14.8. The van der Waals surface area contributed by atoms with E-state index in [9.17, 15) is 9.90 Å². The zero-order valence-corrected chi connectivity index (χ0v) is 14.2. The van der Waals surface area contributed by atoms with Gasteiger partial charge in [-0.05, 0) is 18.9 Å². The molecule has 2 aliphatic rings. The number of fused-ring (bicyclic) bond motifs is 1. The number of rotatable bonds is 4. The minimum absolute atomic E-state index is 0.0766. The Balaban J connectivity index is 1.65. The molecular weight excluding hydrogens is 292 g/mol. The summed E-state index contributed by atoms with van der Waals surface area (Å²) in [5.41, 5.74) is 1.79. The Labute approximate surface area is 138 Å². The van der Waals surface area contributed by atoms with E-state index >= 15 is 0 Å². The minimum Gasteiger partial charge on any atom is -0.386 e. The number of hydrogen-bond acceptors (Lipinski definition) is 4. The quantitative estimate of drug-likeness (QED) is 0.914. The van der Waals surface area contributed by atoms with Gasteiger partial charge in [-0.25, -0.2) is 0 Å². The van der Waals surface area contributed by atoms with Crippen LogP contribution in [0.5, 0.6) is 0 Å². The van der Waals surface area contributed by atoms with Crippen molar-refractivity contribution in [3.05, 3.63) is 17.5 Å². The molecule has 3 rings (SSSR count). The number of nitrogens with zero attached hydrogens (tertiary/aromatic N) is 4. The second-order valence-corrected chi connectivity index (χ2v) is 7.05. The highest BCUT2D eigenvalue weighted by Crippen LogP contribution is 2.27. The highest BCUT2D eigenvalue weighted by molar-refractivity contribution is 5.76. The molecule has 1 amide bonds. The first-order valence-electron chi connectivity index (χ1n) is 8.73. The van der Waals surface area contributed by atoms with Crippen molar-refractivity contribution in [2.24, 2.45) is 0 Å². The first kappa shape index (κ1) is 16.5. The first-order valence-corrected chi connectivity index (χ1v) is 8.73. The first-order chi connectivity index (χ1) is 11.0. The molecule has 1 atom stereocenters. The Bertz CT molecular complexity index is 549. The Kier molecular flexibility index (Phi) is 5.02. The maximum atomic E-state index is 11.8. The molecule has 0 saturated heterocycles. The van der Waals surface area contributed by atoms with Crippen LogP contribution in [0.4, 0.5) is 0 Å². The van der Waals surface area contributed by atoms with Crippen molar-refractivity contribution < 1.29 is 9.90 Å².